The molecule has 6 heteroatoms. The van der Waals surface area contributed by atoms with E-state index in [1.807, 2.05) is 29.6 Å². The molecular formula is C22H19N3O2S. The zero-order valence-corrected chi connectivity index (χ0v) is 16.0. The number of fused-ring (bicyclic) bond motifs is 2. The number of hydrogen-bond donors (Lipinski definition) is 1. The van der Waals surface area contributed by atoms with Crippen molar-refractivity contribution in [1.82, 2.24) is 9.88 Å². The number of rotatable bonds is 4. The fourth-order valence-corrected chi connectivity index (χ4v) is 4.30. The molecule has 0 fully saturated rings. The van der Waals surface area contributed by atoms with E-state index in [1.165, 1.54) is 22.5 Å². The van der Waals surface area contributed by atoms with Gasteiger partial charge in [0.1, 0.15) is 5.58 Å². The van der Waals surface area contributed by atoms with E-state index < -0.39 is 0 Å². The van der Waals surface area contributed by atoms with Crippen molar-refractivity contribution in [3.05, 3.63) is 82.6 Å². The molecule has 2 aromatic heterocycles. The molecule has 2 aromatic carbocycles. The van der Waals surface area contributed by atoms with Crippen LogP contribution in [-0.4, -0.2) is 22.3 Å². The van der Waals surface area contributed by atoms with Crippen molar-refractivity contribution < 1.29 is 9.21 Å². The van der Waals surface area contributed by atoms with Gasteiger partial charge >= 0.3 is 0 Å². The van der Waals surface area contributed by atoms with Gasteiger partial charge in [-0.2, -0.15) is 0 Å². The molecular weight excluding hydrogens is 370 g/mol. The smallest absolute Gasteiger partial charge is 0.293 e. The van der Waals surface area contributed by atoms with E-state index in [0.717, 1.165) is 37.1 Å². The van der Waals surface area contributed by atoms with Crippen molar-refractivity contribution in [3.63, 3.8) is 0 Å². The fourth-order valence-electron chi connectivity index (χ4n) is 3.61. The SMILES string of the molecule is O=C(Nc1nc(CN2CCc3ccccc3C2)cs1)c1cc2ccccc2o1. The van der Waals surface area contributed by atoms with Gasteiger partial charge in [0.15, 0.2) is 10.9 Å². The van der Waals surface area contributed by atoms with E-state index in [-0.39, 0.29) is 5.91 Å². The number of anilines is 1. The van der Waals surface area contributed by atoms with Crippen molar-refractivity contribution in [2.24, 2.45) is 0 Å². The first-order chi connectivity index (χ1) is 13.7. The second kappa shape index (κ2) is 7.22. The minimum absolute atomic E-state index is 0.274. The van der Waals surface area contributed by atoms with Crippen LogP contribution in [0.25, 0.3) is 11.0 Å². The molecule has 5 rings (SSSR count). The molecule has 0 saturated heterocycles. The highest BCUT2D eigenvalue weighted by atomic mass is 32.1. The van der Waals surface area contributed by atoms with Gasteiger partial charge in [-0.25, -0.2) is 4.98 Å². The van der Waals surface area contributed by atoms with E-state index in [9.17, 15) is 4.79 Å². The monoisotopic (exact) mass is 389 g/mol. The van der Waals surface area contributed by atoms with Gasteiger partial charge in [-0.05, 0) is 29.7 Å². The summed E-state index contributed by atoms with van der Waals surface area (Å²) in [5.74, 6) is 0.0228. The topological polar surface area (TPSA) is 58.4 Å². The third-order valence-corrected chi connectivity index (χ3v) is 5.82. The van der Waals surface area contributed by atoms with Gasteiger partial charge in [-0.1, -0.05) is 42.5 Å². The molecule has 0 aliphatic carbocycles. The number of furan rings is 1. The van der Waals surface area contributed by atoms with Crippen LogP contribution in [0.5, 0.6) is 0 Å². The molecule has 3 heterocycles. The Bertz CT molecular complexity index is 1110. The molecule has 0 spiro atoms. The summed E-state index contributed by atoms with van der Waals surface area (Å²) in [7, 11) is 0. The number of para-hydroxylation sites is 1. The van der Waals surface area contributed by atoms with E-state index in [1.54, 1.807) is 6.07 Å². The van der Waals surface area contributed by atoms with E-state index in [4.69, 9.17) is 4.42 Å². The Balaban J connectivity index is 1.24. The maximum absolute atomic E-state index is 12.5. The number of benzene rings is 2. The second-order valence-electron chi connectivity index (χ2n) is 6.98. The summed E-state index contributed by atoms with van der Waals surface area (Å²) in [6, 6.07) is 17.9. The van der Waals surface area contributed by atoms with Crippen LogP contribution in [-0.2, 0) is 19.5 Å². The van der Waals surface area contributed by atoms with Crippen molar-refractivity contribution in [3.8, 4) is 0 Å². The van der Waals surface area contributed by atoms with Crippen molar-refractivity contribution in [1.29, 1.82) is 0 Å². The quantitative estimate of drug-likeness (QED) is 0.550. The lowest BCUT2D eigenvalue weighted by molar-refractivity contribution is 0.0998. The van der Waals surface area contributed by atoms with Gasteiger partial charge in [0.25, 0.3) is 5.91 Å². The predicted molar refractivity (Wildman–Crippen MR) is 111 cm³/mol. The van der Waals surface area contributed by atoms with Crippen molar-refractivity contribution in [2.75, 3.05) is 11.9 Å². The number of nitrogens with one attached hydrogen (secondary N) is 1. The Morgan fingerprint density at radius 2 is 1.96 bits per heavy atom. The Hall–Kier alpha value is -2.96. The third-order valence-electron chi connectivity index (χ3n) is 5.02. The first kappa shape index (κ1) is 17.2. The van der Waals surface area contributed by atoms with Gasteiger partial charge in [-0.15, -0.1) is 11.3 Å². The molecule has 0 radical (unpaired) electrons. The van der Waals surface area contributed by atoms with Gasteiger partial charge in [0, 0.05) is 30.4 Å². The van der Waals surface area contributed by atoms with Gasteiger partial charge in [-0.3, -0.25) is 15.0 Å². The second-order valence-corrected chi connectivity index (χ2v) is 7.83. The molecule has 1 amide bonds. The van der Waals surface area contributed by atoms with Crippen LogP contribution in [0.4, 0.5) is 5.13 Å². The summed E-state index contributed by atoms with van der Waals surface area (Å²) in [6.45, 7) is 2.74. The largest absolute Gasteiger partial charge is 0.451 e. The van der Waals surface area contributed by atoms with Gasteiger partial charge in [0.2, 0.25) is 0 Å². The number of carbonyl (C=O) groups is 1. The molecule has 0 saturated carbocycles. The maximum Gasteiger partial charge on any atom is 0.293 e. The van der Waals surface area contributed by atoms with E-state index in [2.05, 4.69) is 39.5 Å². The maximum atomic E-state index is 12.5. The van der Waals surface area contributed by atoms with Crippen LogP contribution < -0.4 is 5.32 Å². The summed E-state index contributed by atoms with van der Waals surface area (Å²) in [5.41, 5.74) is 4.51. The van der Waals surface area contributed by atoms with Crippen LogP contribution in [0, 0.1) is 0 Å². The highest BCUT2D eigenvalue weighted by Gasteiger charge is 2.18. The summed E-state index contributed by atoms with van der Waals surface area (Å²) < 4.78 is 5.62. The molecule has 28 heavy (non-hydrogen) atoms. The Labute approximate surface area is 166 Å². The normalized spacial score (nSPS) is 14.1. The first-order valence-corrected chi connectivity index (χ1v) is 10.2. The van der Waals surface area contributed by atoms with E-state index in [0.29, 0.717) is 16.5 Å². The molecule has 0 bridgehead atoms. The van der Waals surface area contributed by atoms with Crippen LogP contribution >= 0.6 is 11.3 Å². The molecule has 1 aliphatic heterocycles. The minimum Gasteiger partial charge on any atom is -0.451 e. The molecule has 0 atom stereocenters. The fraction of sp³-hybridized carbons (Fsp3) is 0.182. The van der Waals surface area contributed by atoms with Gasteiger partial charge in [0.05, 0.1) is 5.69 Å². The minimum atomic E-state index is -0.274. The zero-order chi connectivity index (χ0) is 18.9. The van der Waals surface area contributed by atoms with Crippen LogP contribution in [0.15, 0.2) is 64.4 Å². The molecule has 0 unspecified atom stereocenters. The van der Waals surface area contributed by atoms with E-state index >= 15 is 0 Å². The lowest BCUT2D eigenvalue weighted by Crippen LogP contribution is -2.30. The number of carbonyl (C=O) groups excluding carboxylic acids is 1. The molecule has 1 N–H and O–H groups in total. The summed E-state index contributed by atoms with van der Waals surface area (Å²) in [4.78, 5) is 19.4. The standard InChI is InChI=1S/C22H19N3O2S/c26-21(20-11-16-6-3-4-8-19(16)27-20)24-22-23-18(14-28-22)13-25-10-9-15-5-1-2-7-17(15)12-25/h1-8,11,14H,9-10,12-13H2,(H,23,24,26). The average molecular weight is 389 g/mol. The molecule has 4 aromatic rings. The lowest BCUT2D eigenvalue weighted by atomic mass is 10.00. The Morgan fingerprint density at radius 1 is 1.14 bits per heavy atom. The lowest BCUT2D eigenvalue weighted by Gasteiger charge is -2.27. The number of hydrogen-bond acceptors (Lipinski definition) is 5. The van der Waals surface area contributed by atoms with Crippen molar-refractivity contribution >= 4 is 33.3 Å². The number of amides is 1. The van der Waals surface area contributed by atoms with Gasteiger partial charge < -0.3 is 4.42 Å². The Morgan fingerprint density at radius 3 is 2.86 bits per heavy atom. The summed E-state index contributed by atoms with van der Waals surface area (Å²) in [5, 5.41) is 6.37. The molecule has 5 nitrogen and oxygen atoms in total. The predicted octanol–water partition coefficient (Wildman–Crippen LogP) is 4.70. The van der Waals surface area contributed by atoms with Crippen molar-refractivity contribution in [2.45, 2.75) is 19.5 Å². The van der Waals surface area contributed by atoms with Crippen LogP contribution in [0.1, 0.15) is 27.4 Å². The molecule has 140 valence electrons. The Kier molecular flexibility index (Phi) is 4.43. The highest BCUT2D eigenvalue weighted by molar-refractivity contribution is 7.13. The summed E-state index contributed by atoms with van der Waals surface area (Å²) >= 11 is 1.44. The molecule has 1 aliphatic rings. The zero-order valence-electron chi connectivity index (χ0n) is 15.2. The number of thiazole rings is 1. The first-order valence-electron chi connectivity index (χ1n) is 9.28. The number of nitrogens with zero attached hydrogens (tertiary/aromatic N) is 2. The third kappa shape index (κ3) is 3.44. The van der Waals surface area contributed by atoms with Crippen LogP contribution in [0.2, 0.25) is 0 Å². The highest BCUT2D eigenvalue weighted by Crippen LogP contribution is 2.24. The average Bonchev–Trinajstić information content (AvgIpc) is 3.34. The van der Waals surface area contributed by atoms with Crippen LogP contribution in [0.3, 0.4) is 0 Å². The summed E-state index contributed by atoms with van der Waals surface area (Å²) in [6.07, 6.45) is 1.07. The number of aromatic nitrogens is 1.